The summed E-state index contributed by atoms with van der Waals surface area (Å²) in [5.41, 5.74) is 2.32. The summed E-state index contributed by atoms with van der Waals surface area (Å²) in [4.78, 5) is 18.2. The fraction of sp³-hybridized carbons (Fsp3) is 0.300. The normalized spacial score (nSPS) is 19.8. The highest BCUT2D eigenvalue weighted by Crippen LogP contribution is 2.36. The maximum atomic E-state index is 11.8. The average Bonchev–Trinajstić information content (AvgIpc) is 3.16. The first-order chi connectivity index (χ1) is 12.2. The van der Waals surface area contributed by atoms with E-state index in [9.17, 15) is 9.90 Å². The first-order valence-electron chi connectivity index (χ1n) is 8.58. The monoisotopic (exact) mass is 352 g/mol. The van der Waals surface area contributed by atoms with Crippen LogP contribution in [0.3, 0.4) is 0 Å². The molecule has 3 aromatic rings. The number of carbonyl (C=O) groups is 1. The average molecular weight is 352 g/mol. The molecule has 1 saturated heterocycles. The minimum Gasteiger partial charge on any atom is -0.480 e. The van der Waals surface area contributed by atoms with E-state index in [1.165, 1.54) is 5.56 Å². The van der Waals surface area contributed by atoms with Gasteiger partial charge < -0.3 is 5.11 Å². The number of rotatable bonds is 4. The van der Waals surface area contributed by atoms with E-state index < -0.39 is 12.0 Å². The van der Waals surface area contributed by atoms with Crippen LogP contribution in [0.15, 0.2) is 53.5 Å². The van der Waals surface area contributed by atoms with E-state index in [0.717, 1.165) is 35.7 Å². The van der Waals surface area contributed by atoms with Gasteiger partial charge in [-0.3, -0.25) is 14.7 Å². The Balaban J connectivity index is 1.81. The van der Waals surface area contributed by atoms with E-state index in [0.29, 0.717) is 6.42 Å². The largest absolute Gasteiger partial charge is 0.480 e. The minimum absolute atomic E-state index is 0.0229. The number of carboxylic acids is 1. The standard InChI is InChI=1S/C20H20N2O2S/c23-20(24)18-3-1-2-9-22(18)19(17-7-10-25-13-17)15-4-5-16-12-21-8-6-14(16)11-15/h4-8,10-13,18-19H,1-3,9H2,(H,23,24). The number of pyridine rings is 1. The van der Waals surface area contributed by atoms with Crippen LogP contribution in [0.4, 0.5) is 0 Å². The van der Waals surface area contributed by atoms with Gasteiger partial charge in [0.25, 0.3) is 0 Å². The summed E-state index contributed by atoms with van der Waals surface area (Å²) >= 11 is 1.66. The van der Waals surface area contributed by atoms with Gasteiger partial charge in [-0.05, 0) is 64.9 Å². The molecule has 1 aliphatic rings. The summed E-state index contributed by atoms with van der Waals surface area (Å²) in [6, 6.07) is 10.0. The maximum Gasteiger partial charge on any atom is 0.320 e. The second-order valence-corrected chi connectivity index (χ2v) is 7.31. The number of thiophene rings is 1. The molecule has 1 aliphatic heterocycles. The Morgan fingerprint density at radius 1 is 1.20 bits per heavy atom. The van der Waals surface area contributed by atoms with Crippen LogP contribution in [0.5, 0.6) is 0 Å². The fourth-order valence-corrected chi connectivity index (χ4v) is 4.48. The Morgan fingerprint density at radius 3 is 2.92 bits per heavy atom. The second kappa shape index (κ2) is 6.94. The lowest BCUT2D eigenvalue weighted by Crippen LogP contribution is -2.46. The number of aromatic nitrogens is 1. The molecule has 0 spiro atoms. The van der Waals surface area contributed by atoms with Crippen LogP contribution in [0.1, 0.15) is 36.4 Å². The Labute approximate surface area is 150 Å². The molecule has 1 N–H and O–H groups in total. The molecule has 4 rings (SSSR count). The Bertz CT molecular complexity index is 878. The van der Waals surface area contributed by atoms with E-state index in [-0.39, 0.29) is 6.04 Å². The molecule has 5 heteroatoms. The van der Waals surface area contributed by atoms with Crippen molar-refractivity contribution >= 4 is 28.1 Å². The van der Waals surface area contributed by atoms with Gasteiger partial charge in [-0.2, -0.15) is 11.3 Å². The van der Waals surface area contributed by atoms with Crippen LogP contribution in [0.25, 0.3) is 10.8 Å². The fourth-order valence-electron chi connectivity index (χ4n) is 3.81. The highest BCUT2D eigenvalue weighted by molar-refractivity contribution is 7.08. The number of likely N-dealkylation sites (tertiary alicyclic amines) is 1. The van der Waals surface area contributed by atoms with Crippen molar-refractivity contribution in [2.75, 3.05) is 6.54 Å². The first kappa shape index (κ1) is 16.2. The van der Waals surface area contributed by atoms with Crippen molar-refractivity contribution in [1.29, 1.82) is 0 Å². The van der Waals surface area contributed by atoms with Gasteiger partial charge in [-0.1, -0.05) is 18.6 Å². The predicted octanol–water partition coefficient (Wildman–Crippen LogP) is 4.32. The molecule has 0 bridgehead atoms. The van der Waals surface area contributed by atoms with Crippen molar-refractivity contribution in [1.82, 2.24) is 9.88 Å². The highest BCUT2D eigenvalue weighted by Gasteiger charge is 2.35. The van der Waals surface area contributed by atoms with Crippen molar-refractivity contribution in [3.63, 3.8) is 0 Å². The number of carboxylic acid groups (broad SMARTS) is 1. The zero-order valence-electron chi connectivity index (χ0n) is 13.8. The summed E-state index contributed by atoms with van der Waals surface area (Å²) in [6.07, 6.45) is 6.40. The summed E-state index contributed by atoms with van der Waals surface area (Å²) in [7, 11) is 0. The number of hydrogen-bond donors (Lipinski definition) is 1. The van der Waals surface area contributed by atoms with Crippen LogP contribution in [0.2, 0.25) is 0 Å². The molecule has 2 aromatic heterocycles. The third kappa shape index (κ3) is 3.17. The van der Waals surface area contributed by atoms with Gasteiger partial charge >= 0.3 is 5.97 Å². The quantitative estimate of drug-likeness (QED) is 0.759. The third-order valence-corrected chi connectivity index (χ3v) is 5.70. The Kier molecular flexibility index (Phi) is 4.51. The Hall–Kier alpha value is -2.24. The van der Waals surface area contributed by atoms with Gasteiger partial charge in [-0.25, -0.2) is 0 Å². The van der Waals surface area contributed by atoms with Gasteiger partial charge in [0.05, 0.1) is 6.04 Å². The molecule has 2 atom stereocenters. The van der Waals surface area contributed by atoms with E-state index in [4.69, 9.17) is 0 Å². The zero-order valence-corrected chi connectivity index (χ0v) is 14.7. The van der Waals surface area contributed by atoms with Crippen LogP contribution < -0.4 is 0 Å². The van der Waals surface area contributed by atoms with E-state index in [1.807, 2.05) is 12.3 Å². The SMILES string of the molecule is O=C(O)C1CCCCN1C(c1ccsc1)c1ccc2cnccc2c1. The second-order valence-electron chi connectivity index (χ2n) is 6.53. The molecular weight excluding hydrogens is 332 g/mol. The summed E-state index contributed by atoms with van der Waals surface area (Å²) < 4.78 is 0. The molecule has 128 valence electrons. The molecule has 25 heavy (non-hydrogen) atoms. The van der Waals surface area contributed by atoms with E-state index in [1.54, 1.807) is 17.5 Å². The van der Waals surface area contributed by atoms with Gasteiger partial charge in [0.15, 0.2) is 0 Å². The van der Waals surface area contributed by atoms with Crippen LogP contribution in [0, 0.1) is 0 Å². The molecule has 3 heterocycles. The molecule has 2 unspecified atom stereocenters. The van der Waals surface area contributed by atoms with Gasteiger partial charge in [-0.15, -0.1) is 0 Å². The van der Waals surface area contributed by atoms with Crippen molar-refractivity contribution in [2.45, 2.75) is 31.3 Å². The van der Waals surface area contributed by atoms with Crippen molar-refractivity contribution in [3.8, 4) is 0 Å². The topological polar surface area (TPSA) is 53.4 Å². The number of piperidine rings is 1. The zero-order chi connectivity index (χ0) is 17.2. The van der Waals surface area contributed by atoms with Gasteiger partial charge in [0, 0.05) is 17.8 Å². The lowest BCUT2D eigenvalue weighted by atomic mass is 9.92. The van der Waals surface area contributed by atoms with Crippen molar-refractivity contribution in [3.05, 3.63) is 64.6 Å². The number of hydrogen-bond acceptors (Lipinski definition) is 4. The van der Waals surface area contributed by atoms with Crippen LogP contribution in [-0.2, 0) is 4.79 Å². The minimum atomic E-state index is -0.718. The number of nitrogens with zero attached hydrogens (tertiary/aromatic N) is 2. The molecule has 0 amide bonds. The smallest absolute Gasteiger partial charge is 0.320 e. The molecule has 0 saturated carbocycles. The molecule has 0 aliphatic carbocycles. The summed E-state index contributed by atoms with van der Waals surface area (Å²) in [5.74, 6) is -0.718. The number of fused-ring (bicyclic) bond motifs is 1. The third-order valence-electron chi connectivity index (χ3n) is 5.00. The number of benzene rings is 1. The van der Waals surface area contributed by atoms with Gasteiger partial charge in [0.1, 0.15) is 6.04 Å². The summed E-state index contributed by atoms with van der Waals surface area (Å²) in [5, 5.41) is 16.2. The molecule has 0 radical (unpaired) electrons. The molecule has 1 aromatic carbocycles. The lowest BCUT2D eigenvalue weighted by molar-refractivity contribution is -0.145. The highest BCUT2D eigenvalue weighted by atomic mass is 32.1. The molecular formula is C20H20N2O2S. The van der Waals surface area contributed by atoms with Gasteiger partial charge in [0.2, 0.25) is 0 Å². The molecule has 1 fully saturated rings. The van der Waals surface area contributed by atoms with Crippen LogP contribution >= 0.6 is 11.3 Å². The lowest BCUT2D eigenvalue weighted by Gasteiger charge is -2.39. The van der Waals surface area contributed by atoms with Crippen molar-refractivity contribution in [2.24, 2.45) is 0 Å². The van der Waals surface area contributed by atoms with E-state index in [2.05, 4.69) is 44.9 Å². The first-order valence-corrected chi connectivity index (χ1v) is 9.52. The molecule has 4 nitrogen and oxygen atoms in total. The van der Waals surface area contributed by atoms with Crippen molar-refractivity contribution < 1.29 is 9.90 Å². The van der Waals surface area contributed by atoms with Crippen LogP contribution in [-0.4, -0.2) is 33.5 Å². The van der Waals surface area contributed by atoms with E-state index >= 15 is 0 Å². The predicted molar refractivity (Wildman–Crippen MR) is 99.9 cm³/mol. The summed E-state index contributed by atoms with van der Waals surface area (Å²) in [6.45, 7) is 0.811. The Morgan fingerprint density at radius 2 is 2.12 bits per heavy atom. The maximum absolute atomic E-state index is 11.8. The number of aliphatic carboxylic acids is 1.